The zero-order valence-corrected chi connectivity index (χ0v) is 16.4. The summed E-state index contributed by atoms with van der Waals surface area (Å²) in [6.45, 7) is 0. The van der Waals surface area contributed by atoms with E-state index in [1.807, 2.05) is 0 Å². The highest BCUT2D eigenvalue weighted by molar-refractivity contribution is 9.10. The lowest BCUT2D eigenvalue weighted by molar-refractivity contribution is -0.146. The van der Waals surface area contributed by atoms with E-state index in [4.69, 9.17) is 5.11 Å². The molecule has 0 bridgehead atoms. The number of alkyl halides is 9. The molecular weight excluding hydrogens is 511 g/mol. The Hall–Kier alpha value is -2.50. The van der Waals surface area contributed by atoms with E-state index >= 15 is 0 Å². The van der Waals surface area contributed by atoms with Gasteiger partial charge in [-0.2, -0.15) is 39.5 Å². The zero-order chi connectivity index (χ0) is 23.8. The molecule has 0 aliphatic carbocycles. The first-order chi connectivity index (χ1) is 14.0. The van der Waals surface area contributed by atoms with Gasteiger partial charge in [-0.3, -0.25) is 0 Å². The molecule has 0 amide bonds. The van der Waals surface area contributed by atoms with Crippen LogP contribution in [0.3, 0.4) is 0 Å². The third kappa shape index (κ3) is 6.25. The summed E-state index contributed by atoms with van der Waals surface area (Å²) in [6, 6.07) is 3.11. The summed E-state index contributed by atoms with van der Waals surface area (Å²) in [5.74, 6) is -4.10. The lowest BCUT2D eigenvalue weighted by atomic mass is 9.93. The highest BCUT2D eigenvalue weighted by Crippen LogP contribution is 2.42. The first kappa shape index (κ1) is 24.8. The van der Waals surface area contributed by atoms with Crippen LogP contribution in [0.1, 0.15) is 38.5 Å². The third-order valence-corrected chi connectivity index (χ3v) is 4.68. The maximum absolute atomic E-state index is 13.5. The van der Waals surface area contributed by atoms with Crippen molar-refractivity contribution in [2.24, 2.45) is 0 Å². The molecule has 31 heavy (non-hydrogen) atoms. The minimum atomic E-state index is -5.30. The molecule has 168 valence electrons. The number of carbonyl (C=O) groups is 1. The van der Waals surface area contributed by atoms with E-state index in [1.54, 1.807) is 0 Å². The molecule has 2 aromatic carbocycles. The van der Waals surface area contributed by atoms with E-state index in [0.717, 1.165) is 24.3 Å². The minimum absolute atomic E-state index is 0.0151. The minimum Gasteiger partial charge on any atom is -0.478 e. The van der Waals surface area contributed by atoms with E-state index < -0.39 is 47.1 Å². The average Bonchev–Trinajstić information content (AvgIpc) is 2.58. The van der Waals surface area contributed by atoms with Crippen LogP contribution in [0.4, 0.5) is 39.5 Å². The van der Waals surface area contributed by atoms with Crippen molar-refractivity contribution in [1.29, 1.82) is 0 Å². The Bertz CT molecular complexity index is 973. The Balaban J connectivity index is 2.58. The monoisotopic (exact) mass is 520 g/mol. The first-order valence-corrected chi connectivity index (χ1v) is 8.86. The van der Waals surface area contributed by atoms with Crippen molar-refractivity contribution in [2.45, 2.75) is 24.4 Å². The molecule has 0 fully saturated rings. The highest BCUT2D eigenvalue weighted by Gasteiger charge is 2.43. The maximum atomic E-state index is 13.5. The van der Waals surface area contributed by atoms with Crippen molar-refractivity contribution >= 4 is 28.0 Å². The Kier molecular flexibility index (Phi) is 6.84. The van der Waals surface area contributed by atoms with Crippen LogP contribution >= 0.6 is 15.9 Å². The summed E-state index contributed by atoms with van der Waals surface area (Å²) < 4.78 is 118. The molecule has 0 aliphatic heterocycles. The van der Waals surface area contributed by atoms with Crippen molar-refractivity contribution in [3.8, 4) is 0 Å². The SMILES string of the molecule is O=C(O)c1ccc(C=CC(c2cc(C(F)(F)F)cc(C(F)(F)F)c2)C(F)(F)F)cc1Br. The Morgan fingerprint density at radius 3 is 1.77 bits per heavy atom. The van der Waals surface area contributed by atoms with E-state index in [0.29, 0.717) is 6.08 Å². The van der Waals surface area contributed by atoms with Gasteiger partial charge in [-0.05, 0) is 57.4 Å². The Morgan fingerprint density at radius 1 is 0.871 bits per heavy atom. The van der Waals surface area contributed by atoms with E-state index in [9.17, 15) is 44.3 Å². The zero-order valence-electron chi connectivity index (χ0n) is 14.8. The lowest BCUT2D eigenvalue weighted by Crippen LogP contribution is -2.21. The quantitative estimate of drug-likeness (QED) is 0.422. The second-order valence-corrected chi connectivity index (χ2v) is 7.12. The predicted molar refractivity (Wildman–Crippen MR) is 95.4 cm³/mol. The third-order valence-electron chi connectivity index (χ3n) is 4.03. The number of halogens is 10. The van der Waals surface area contributed by atoms with Gasteiger partial charge in [0.15, 0.2) is 0 Å². The smallest absolute Gasteiger partial charge is 0.416 e. The molecule has 1 atom stereocenters. The predicted octanol–water partition coefficient (Wildman–Crippen LogP) is 7.54. The summed E-state index contributed by atoms with van der Waals surface area (Å²) in [7, 11) is 0. The molecular formula is C19H10BrF9O2. The summed E-state index contributed by atoms with van der Waals surface area (Å²) in [6.07, 6.45) is -14.6. The second kappa shape index (κ2) is 8.56. The molecule has 0 heterocycles. The van der Waals surface area contributed by atoms with Crippen molar-refractivity contribution in [3.63, 3.8) is 0 Å². The topological polar surface area (TPSA) is 37.3 Å². The molecule has 1 unspecified atom stereocenters. The standard InChI is InChI=1S/C19H10BrF9O2/c20-15-5-9(1-3-13(15)16(30)31)2-4-14(19(27,28)29)10-6-11(17(21,22)23)8-12(7-10)18(24,25)26/h1-8,14H,(H,30,31). The van der Waals surface area contributed by atoms with Gasteiger partial charge in [0.25, 0.3) is 0 Å². The van der Waals surface area contributed by atoms with E-state index in [-0.39, 0.29) is 33.8 Å². The number of allylic oxidation sites excluding steroid dienone is 1. The Morgan fingerprint density at radius 2 is 1.39 bits per heavy atom. The van der Waals surface area contributed by atoms with Gasteiger partial charge in [0.2, 0.25) is 0 Å². The summed E-state index contributed by atoms with van der Waals surface area (Å²) in [5, 5.41) is 8.93. The molecule has 12 heteroatoms. The second-order valence-electron chi connectivity index (χ2n) is 6.26. The molecule has 0 aliphatic rings. The van der Waals surface area contributed by atoms with Crippen LogP contribution in [0, 0.1) is 0 Å². The van der Waals surface area contributed by atoms with Gasteiger partial charge in [-0.1, -0.05) is 18.2 Å². The van der Waals surface area contributed by atoms with E-state index in [2.05, 4.69) is 15.9 Å². The van der Waals surface area contributed by atoms with Crippen molar-refractivity contribution in [2.75, 3.05) is 0 Å². The van der Waals surface area contributed by atoms with Crippen LogP contribution in [-0.4, -0.2) is 17.3 Å². The first-order valence-electron chi connectivity index (χ1n) is 8.07. The van der Waals surface area contributed by atoms with Crippen molar-refractivity contribution in [1.82, 2.24) is 0 Å². The van der Waals surface area contributed by atoms with Crippen LogP contribution in [-0.2, 0) is 12.4 Å². The largest absolute Gasteiger partial charge is 0.478 e. The maximum Gasteiger partial charge on any atom is 0.416 e. The van der Waals surface area contributed by atoms with Crippen LogP contribution in [0.15, 0.2) is 46.9 Å². The molecule has 0 saturated carbocycles. The summed E-state index contributed by atoms with van der Waals surface area (Å²) in [4.78, 5) is 11.0. The van der Waals surface area contributed by atoms with Crippen LogP contribution in [0.2, 0.25) is 0 Å². The molecule has 2 nitrogen and oxygen atoms in total. The van der Waals surface area contributed by atoms with Gasteiger partial charge in [-0.25, -0.2) is 4.79 Å². The fourth-order valence-corrected chi connectivity index (χ4v) is 3.15. The van der Waals surface area contributed by atoms with Crippen molar-refractivity contribution < 1.29 is 49.4 Å². The average molecular weight is 521 g/mol. The number of hydrogen-bond acceptors (Lipinski definition) is 1. The van der Waals surface area contributed by atoms with Crippen LogP contribution < -0.4 is 0 Å². The molecule has 1 N–H and O–H groups in total. The number of carboxylic acids is 1. The summed E-state index contributed by atoms with van der Waals surface area (Å²) >= 11 is 2.91. The van der Waals surface area contributed by atoms with Gasteiger partial charge in [0.1, 0.15) is 0 Å². The van der Waals surface area contributed by atoms with Crippen molar-refractivity contribution in [3.05, 3.63) is 74.8 Å². The molecule has 0 aromatic heterocycles. The fraction of sp³-hybridized carbons (Fsp3) is 0.211. The van der Waals surface area contributed by atoms with Gasteiger partial charge < -0.3 is 5.11 Å². The molecule has 0 radical (unpaired) electrons. The normalized spacial score (nSPS) is 14.1. The lowest BCUT2D eigenvalue weighted by Gasteiger charge is -2.21. The van der Waals surface area contributed by atoms with Gasteiger partial charge in [0.05, 0.1) is 22.6 Å². The highest BCUT2D eigenvalue weighted by atomic mass is 79.9. The van der Waals surface area contributed by atoms with Gasteiger partial charge in [0, 0.05) is 4.47 Å². The van der Waals surface area contributed by atoms with Gasteiger partial charge >= 0.3 is 24.5 Å². The molecule has 0 spiro atoms. The number of benzene rings is 2. The summed E-state index contributed by atoms with van der Waals surface area (Å²) in [5.41, 5.74) is -5.14. The number of hydrogen-bond donors (Lipinski definition) is 1. The fourth-order valence-electron chi connectivity index (χ4n) is 2.58. The van der Waals surface area contributed by atoms with Crippen LogP contribution in [0.5, 0.6) is 0 Å². The molecule has 2 rings (SSSR count). The van der Waals surface area contributed by atoms with Crippen LogP contribution in [0.25, 0.3) is 6.08 Å². The number of carboxylic acid groups (broad SMARTS) is 1. The molecule has 0 saturated heterocycles. The van der Waals surface area contributed by atoms with E-state index in [1.165, 1.54) is 0 Å². The number of aromatic carboxylic acids is 1. The number of rotatable bonds is 4. The molecule has 2 aromatic rings. The Labute approximate surface area is 177 Å². The van der Waals surface area contributed by atoms with Gasteiger partial charge in [-0.15, -0.1) is 0 Å².